The number of benzene rings is 1. The summed E-state index contributed by atoms with van der Waals surface area (Å²) in [5.41, 5.74) is 1.58. The maximum Gasteiger partial charge on any atom is 0.270 e. The summed E-state index contributed by atoms with van der Waals surface area (Å²) in [5.74, 6) is 1.34. The molecule has 2 aromatic rings. The molecule has 1 saturated heterocycles. The topological polar surface area (TPSA) is 67.3 Å². The van der Waals surface area contributed by atoms with Gasteiger partial charge >= 0.3 is 0 Å². The van der Waals surface area contributed by atoms with Crippen LogP contribution in [0, 0.1) is 0 Å². The fourth-order valence-electron chi connectivity index (χ4n) is 3.10. The van der Waals surface area contributed by atoms with Crippen molar-refractivity contribution in [2.45, 2.75) is 32.1 Å². The van der Waals surface area contributed by atoms with Crippen molar-refractivity contribution < 1.29 is 9.53 Å². The van der Waals surface area contributed by atoms with E-state index in [-0.39, 0.29) is 5.91 Å². The normalized spacial score (nSPS) is 14.6. The lowest BCUT2D eigenvalue weighted by atomic mass is 10.1. The minimum Gasteiger partial charge on any atom is -0.497 e. The Kier molecular flexibility index (Phi) is 6.41. The minimum absolute atomic E-state index is 0.156. The van der Waals surface area contributed by atoms with Crippen molar-refractivity contribution in [1.29, 1.82) is 0 Å². The highest BCUT2D eigenvalue weighted by atomic mass is 16.5. The van der Waals surface area contributed by atoms with Gasteiger partial charge < -0.3 is 15.0 Å². The molecule has 0 saturated carbocycles. The SMILES string of the molecule is COc1ccc(CCNC(=O)c2ccnc(N3CCCCCC3)n2)cc1. The van der Waals surface area contributed by atoms with Crippen molar-refractivity contribution in [3.8, 4) is 5.75 Å². The van der Waals surface area contributed by atoms with Gasteiger partial charge in [-0.15, -0.1) is 0 Å². The first-order valence-electron chi connectivity index (χ1n) is 9.25. The second-order valence-electron chi connectivity index (χ2n) is 6.50. The van der Waals surface area contributed by atoms with Gasteiger partial charge in [-0.1, -0.05) is 25.0 Å². The average molecular weight is 354 g/mol. The fraction of sp³-hybridized carbons (Fsp3) is 0.450. The van der Waals surface area contributed by atoms with Gasteiger partial charge in [0.25, 0.3) is 5.91 Å². The maximum absolute atomic E-state index is 12.4. The van der Waals surface area contributed by atoms with Gasteiger partial charge in [0.2, 0.25) is 5.95 Å². The lowest BCUT2D eigenvalue weighted by molar-refractivity contribution is 0.0949. The summed E-state index contributed by atoms with van der Waals surface area (Å²) < 4.78 is 5.15. The van der Waals surface area contributed by atoms with Crippen LogP contribution in [0.15, 0.2) is 36.5 Å². The van der Waals surface area contributed by atoms with Crippen LogP contribution in [0.4, 0.5) is 5.95 Å². The van der Waals surface area contributed by atoms with Crippen molar-refractivity contribution in [3.63, 3.8) is 0 Å². The standard InChI is InChI=1S/C20H26N4O2/c1-26-17-8-6-16(7-9-17)10-12-21-19(25)18-11-13-22-20(23-18)24-14-4-2-3-5-15-24/h6-9,11,13H,2-5,10,12,14-15H2,1H3,(H,21,25). The lowest BCUT2D eigenvalue weighted by Crippen LogP contribution is -2.29. The molecule has 3 rings (SSSR count). The van der Waals surface area contributed by atoms with Gasteiger partial charge in [-0.2, -0.15) is 0 Å². The van der Waals surface area contributed by atoms with Gasteiger partial charge in [0.15, 0.2) is 0 Å². The minimum atomic E-state index is -0.156. The molecule has 1 aliphatic rings. The molecule has 0 bridgehead atoms. The highest BCUT2D eigenvalue weighted by Crippen LogP contribution is 2.15. The Hall–Kier alpha value is -2.63. The molecule has 0 radical (unpaired) electrons. The van der Waals surface area contributed by atoms with Crippen molar-refractivity contribution >= 4 is 11.9 Å². The first-order chi connectivity index (χ1) is 12.8. The number of anilines is 1. The summed E-state index contributed by atoms with van der Waals surface area (Å²) in [7, 11) is 1.65. The van der Waals surface area contributed by atoms with E-state index < -0.39 is 0 Å². The molecule has 1 aliphatic heterocycles. The summed E-state index contributed by atoms with van der Waals surface area (Å²) in [6.07, 6.45) is 7.25. The molecule has 0 unspecified atom stereocenters. The smallest absolute Gasteiger partial charge is 0.270 e. The molecule has 0 aliphatic carbocycles. The summed E-state index contributed by atoms with van der Waals surface area (Å²) in [6, 6.07) is 9.54. The second kappa shape index (κ2) is 9.17. The Labute approximate surface area is 154 Å². The number of aromatic nitrogens is 2. The quantitative estimate of drug-likeness (QED) is 0.864. The van der Waals surface area contributed by atoms with E-state index in [1.54, 1.807) is 19.4 Å². The number of ether oxygens (including phenoxy) is 1. The largest absolute Gasteiger partial charge is 0.497 e. The second-order valence-corrected chi connectivity index (χ2v) is 6.50. The van der Waals surface area contributed by atoms with Crippen LogP contribution in [0.5, 0.6) is 5.75 Å². The average Bonchev–Trinajstić information content (AvgIpc) is 2.98. The van der Waals surface area contributed by atoms with Gasteiger partial charge in [-0.25, -0.2) is 9.97 Å². The van der Waals surface area contributed by atoms with Crippen LogP contribution in [-0.2, 0) is 6.42 Å². The molecule has 1 aromatic carbocycles. The summed E-state index contributed by atoms with van der Waals surface area (Å²) in [4.78, 5) is 23.4. The zero-order chi connectivity index (χ0) is 18.2. The monoisotopic (exact) mass is 354 g/mol. The number of carbonyl (C=O) groups is 1. The van der Waals surface area contributed by atoms with Crippen molar-refractivity contribution in [2.24, 2.45) is 0 Å². The van der Waals surface area contributed by atoms with Gasteiger partial charge in [-0.05, 0) is 43.0 Å². The van der Waals surface area contributed by atoms with Gasteiger partial charge in [0.05, 0.1) is 7.11 Å². The third-order valence-corrected chi connectivity index (χ3v) is 4.62. The van der Waals surface area contributed by atoms with Crippen LogP contribution in [0.25, 0.3) is 0 Å². The van der Waals surface area contributed by atoms with Gasteiger partial charge in [0, 0.05) is 25.8 Å². The third-order valence-electron chi connectivity index (χ3n) is 4.62. The first-order valence-corrected chi connectivity index (χ1v) is 9.25. The summed E-state index contributed by atoms with van der Waals surface area (Å²) in [5, 5.41) is 2.94. The summed E-state index contributed by atoms with van der Waals surface area (Å²) >= 11 is 0. The van der Waals surface area contributed by atoms with E-state index in [9.17, 15) is 4.79 Å². The summed E-state index contributed by atoms with van der Waals surface area (Å²) in [6.45, 7) is 2.49. The maximum atomic E-state index is 12.4. The lowest BCUT2D eigenvalue weighted by Gasteiger charge is -2.20. The molecule has 1 amide bonds. The molecule has 2 heterocycles. The van der Waals surface area contributed by atoms with Crippen LogP contribution >= 0.6 is 0 Å². The third kappa shape index (κ3) is 4.94. The van der Waals surface area contributed by atoms with Crippen LogP contribution in [0.2, 0.25) is 0 Å². The van der Waals surface area contributed by atoms with E-state index >= 15 is 0 Å². The Morgan fingerprint density at radius 3 is 2.54 bits per heavy atom. The first kappa shape index (κ1) is 18.2. The van der Waals surface area contributed by atoms with Crippen LogP contribution in [0.1, 0.15) is 41.7 Å². The molecule has 6 heteroatoms. The molecule has 0 spiro atoms. The molecule has 0 atom stereocenters. The number of hydrogen-bond donors (Lipinski definition) is 1. The number of nitrogens with one attached hydrogen (secondary N) is 1. The van der Waals surface area contributed by atoms with Gasteiger partial charge in [-0.3, -0.25) is 4.79 Å². The molecule has 1 fully saturated rings. The van der Waals surface area contributed by atoms with E-state index in [4.69, 9.17) is 4.74 Å². The highest BCUT2D eigenvalue weighted by molar-refractivity contribution is 5.92. The molecular formula is C20H26N4O2. The Morgan fingerprint density at radius 2 is 1.85 bits per heavy atom. The molecule has 26 heavy (non-hydrogen) atoms. The molecule has 138 valence electrons. The van der Waals surface area contributed by atoms with Crippen LogP contribution in [0.3, 0.4) is 0 Å². The van der Waals surface area contributed by atoms with Gasteiger partial charge in [0.1, 0.15) is 11.4 Å². The number of hydrogen-bond acceptors (Lipinski definition) is 5. The van der Waals surface area contributed by atoms with Crippen LogP contribution < -0.4 is 15.0 Å². The molecular weight excluding hydrogens is 328 g/mol. The van der Waals surface area contributed by atoms with Crippen molar-refractivity contribution in [2.75, 3.05) is 31.6 Å². The van der Waals surface area contributed by atoms with E-state index in [1.807, 2.05) is 24.3 Å². The Bertz CT molecular complexity index is 710. The molecule has 1 aromatic heterocycles. The number of carbonyl (C=O) groups excluding carboxylic acids is 1. The van der Waals surface area contributed by atoms with E-state index in [2.05, 4.69) is 20.2 Å². The Morgan fingerprint density at radius 1 is 1.12 bits per heavy atom. The molecule has 6 nitrogen and oxygen atoms in total. The predicted octanol–water partition coefficient (Wildman–Crippen LogP) is 2.84. The Balaban J connectivity index is 1.54. The van der Waals surface area contributed by atoms with Crippen molar-refractivity contribution in [3.05, 3.63) is 47.8 Å². The number of rotatable bonds is 6. The highest BCUT2D eigenvalue weighted by Gasteiger charge is 2.15. The van der Waals surface area contributed by atoms with Crippen LogP contribution in [-0.4, -0.2) is 42.6 Å². The molecule has 1 N–H and O–H groups in total. The zero-order valence-electron chi connectivity index (χ0n) is 15.3. The predicted molar refractivity (Wildman–Crippen MR) is 102 cm³/mol. The van der Waals surface area contributed by atoms with E-state index in [0.29, 0.717) is 18.2 Å². The van der Waals surface area contributed by atoms with E-state index in [1.165, 1.54) is 12.8 Å². The van der Waals surface area contributed by atoms with Crippen molar-refractivity contribution in [1.82, 2.24) is 15.3 Å². The number of methoxy groups -OCH3 is 1. The van der Waals surface area contributed by atoms with E-state index in [0.717, 1.165) is 43.7 Å². The zero-order valence-corrected chi connectivity index (χ0v) is 15.3. The number of amides is 1. The number of nitrogens with zero attached hydrogens (tertiary/aromatic N) is 3. The fourth-order valence-corrected chi connectivity index (χ4v) is 3.10.